The molecule has 0 bridgehead atoms. The molecule has 0 spiro atoms. The largest absolute Gasteiger partial charge is 0.357 e. The van der Waals surface area contributed by atoms with Gasteiger partial charge in [0.05, 0.1) is 17.8 Å². The summed E-state index contributed by atoms with van der Waals surface area (Å²) in [5.74, 6) is 0.0159. The second kappa shape index (κ2) is 8.37. The maximum Gasteiger partial charge on any atom is 0.294 e. The Morgan fingerprint density at radius 2 is 2.20 bits per heavy atom. The average molecular weight is 491 g/mol. The normalized spacial score (nSPS) is 20.2. The first-order valence-corrected chi connectivity index (χ1v) is 12.5. The van der Waals surface area contributed by atoms with Crippen LogP contribution in [0.4, 0.5) is 5.82 Å². The van der Waals surface area contributed by atoms with Crippen molar-refractivity contribution in [2.75, 3.05) is 5.32 Å². The molecular weight excluding hydrogens is 464 g/mol. The predicted molar refractivity (Wildman–Crippen MR) is 135 cm³/mol. The van der Waals surface area contributed by atoms with Crippen molar-refractivity contribution >= 4 is 34.2 Å². The molecule has 3 aromatic heterocycles. The number of hydrogen-bond acceptors (Lipinski definition) is 5. The SMILES string of the molecule is CC1=CC(C2(Nc3nc(Cl)c4n(c3=O)C(C(=O)NCc3cc5cnccc5[nH]3)CC4)CC2)=CCC1. The lowest BCUT2D eigenvalue weighted by Gasteiger charge is -2.23. The van der Waals surface area contributed by atoms with Gasteiger partial charge in [0, 0.05) is 29.0 Å². The quantitative estimate of drug-likeness (QED) is 0.480. The van der Waals surface area contributed by atoms with E-state index in [-0.39, 0.29) is 28.0 Å². The van der Waals surface area contributed by atoms with Gasteiger partial charge in [-0.1, -0.05) is 29.3 Å². The Labute approximate surface area is 207 Å². The lowest BCUT2D eigenvalue weighted by atomic mass is 9.94. The number of carbonyl (C=O) groups excluding carboxylic acids is 1. The molecule has 180 valence electrons. The van der Waals surface area contributed by atoms with Crippen LogP contribution in [0.2, 0.25) is 5.15 Å². The van der Waals surface area contributed by atoms with Crippen molar-refractivity contribution in [3.05, 3.63) is 74.7 Å². The van der Waals surface area contributed by atoms with Crippen LogP contribution in [0.3, 0.4) is 0 Å². The predicted octanol–water partition coefficient (Wildman–Crippen LogP) is 4.19. The fourth-order valence-electron chi connectivity index (χ4n) is 5.28. The van der Waals surface area contributed by atoms with E-state index in [9.17, 15) is 9.59 Å². The van der Waals surface area contributed by atoms with Crippen LogP contribution >= 0.6 is 11.6 Å². The molecule has 0 radical (unpaired) electrons. The molecule has 1 amide bonds. The van der Waals surface area contributed by atoms with E-state index in [0.717, 1.165) is 42.3 Å². The molecule has 1 atom stereocenters. The van der Waals surface area contributed by atoms with E-state index in [1.54, 1.807) is 12.4 Å². The van der Waals surface area contributed by atoms with E-state index in [1.165, 1.54) is 15.7 Å². The molecule has 1 fully saturated rings. The summed E-state index contributed by atoms with van der Waals surface area (Å²) in [5, 5.41) is 7.65. The maximum atomic E-state index is 13.5. The van der Waals surface area contributed by atoms with Gasteiger partial charge in [-0.15, -0.1) is 0 Å². The average Bonchev–Trinajstić information content (AvgIpc) is 3.30. The summed E-state index contributed by atoms with van der Waals surface area (Å²) < 4.78 is 1.54. The van der Waals surface area contributed by atoms with Crippen LogP contribution in [0.15, 0.2) is 52.6 Å². The van der Waals surface area contributed by atoms with E-state index in [2.05, 4.69) is 44.7 Å². The zero-order chi connectivity index (χ0) is 24.2. The number of allylic oxidation sites excluding steroid dienone is 2. The number of H-pyrrole nitrogens is 1. The molecule has 1 aliphatic heterocycles. The summed E-state index contributed by atoms with van der Waals surface area (Å²) in [7, 11) is 0. The van der Waals surface area contributed by atoms with Gasteiger partial charge >= 0.3 is 0 Å². The number of halogens is 1. The highest BCUT2D eigenvalue weighted by Gasteiger charge is 2.47. The van der Waals surface area contributed by atoms with Crippen LogP contribution in [-0.2, 0) is 17.8 Å². The van der Waals surface area contributed by atoms with Gasteiger partial charge in [-0.3, -0.25) is 19.1 Å². The second-order valence-electron chi connectivity index (χ2n) is 9.80. The molecule has 3 aliphatic rings. The molecule has 2 aliphatic carbocycles. The number of fused-ring (bicyclic) bond motifs is 2. The number of nitrogens with one attached hydrogen (secondary N) is 3. The Kier molecular flexibility index (Phi) is 5.29. The number of carbonyl (C=O) groups is 1. The summed E-state index contributed by atoms with van der Waals surface area (Å²) in [6.45, 7) is 2.47. The molecule has 1 saturated carbocycles. The Balaban J connectivity index is 1.24. The van der Waals surface area contributed by atoms with Crippen LogP contribution in [0.25, 0.3) is 10.9 Å². The number of pyridine rings is 1. The topological polar surface area (TPSA) is 105 Å². The van der Waals surface area contributed by atoms with Gasteiger partial charge in [-0.2, -0.15) is 0 Å². The fraction of sp³-hybridized carbons (Fsp3) is 0.385. The molecule has 9 heteroatoms. The monoisotopic (exact) mass is 490 g/mol. The molecule has 8 nitrogen and oxygen atoms in total. The maximum absolute atomic E-state index is 13.5. The number of amides is 1. The van der Waals surface area contributed by atoms with Gasteiger partial charge in [0.25, 0.3) is 5.56 Å². The molecule has 0 saturated heterocycles. The van der Waals surface area contributed by atoms with E-state index in [0.29, 0.717) is 25.1 Å². The minimum absolute atomic E-state index is 0.203. The van der Waals surface area contributed by atoms with Crippen molar-refractivity contribution in [1.82, 2.24) is 24.8 Å². The minimum Gasteiger partial charge on any atom is -0.357 e. The summed E-state index contributed by atoms with van der Waals surface area (Å²) in [6, 6.07) is 3.24. The van der Waals surface area contributed by atoms with Gasteiger partial charge in [0.15, 0.2) is 11.0 Å². The molecule has 3 aromatic rings. The van der Waals surface area contributed by atoms with Crippen LogP contribution in [-0.4, -0.2) is 31.0 Å². The number of aromatic amines is 1. The minimum atomic E-state index is -0.615. The smallest absolute Gasteiger partial charge is 0.294 e. The van der Waals surface area contributed by atoms with Crippen LogP contribution in [0.5, 0.6) is 0 Å². The van der Waals surface area contributed by atoms with E-state index in [4.69, 9.17) is 11.6 Å². The van der Waals surface area contributed by atoms with E-state index in [1.807, 2.05) is 12.1 Å². The van der Waals surface area contributed by atoms with E-state index < -0.39 is 6.04 Å². The Morgan fingerprint density at radius 3 is 2.97 bits per heavy atom. The third-order valence-corrected chi connectivity index (χ3v) is 7.63. The standard InChI is InChI=1S/C26H27ClN6O2/c1-15-3-2-4-17(11-15)26(8-9-26)32-23-25(35)33-20(22(27)31-23)5-6-21(33)24(34)29-14-18-12-16-13-28-10-7-19(16)30-18/h4,7,10-13,21,30H,2-3,5-6,8-9,14H2,1H3,(H,29,34)(H,31,32). The first-order valence-electron chi connectivity index (χ1n) is 12.1. The van der Waals surface area contributed by atoms with Crippen molar-refractivity contribution in [2.24, 2.45) is 0 Å². The Hall–Kier alpha value is -3.39. The molecule has 0 aromatic carbocycles. The number of anilines is 1. The first-order chi connectivity index (χ1) is 16.9. The van der Waals surface area contributed by atoms with Gasteiger partial charge in [-0.25, -0.2) is 4.98 Å². The van der Waals surface area contributed by atoms with Gasteiger partial charge in [0.1, 0.15) is 6.04 Å². The van der Waals surface area contributed by atoms with Gasteiger partial charge < -0.3 is 15.6 Å². The van der Waals surface area contributed by atoms with Gasteiger partial charge in [0.2, 0.25) is 5.91 Å². The highest BCUT2D eigenvalue weighted by atomic mass is 35.5. The molecule has 35 heavy (non-hydrogen) atoms. The summed E-state index contributed by atoms with van der Waals surface area (Å²) >= 11 is 6.51. The molecule has 1 unspecified atom stereocenters. The van der Waals surface area contributed by atoms with Crippen LogP contribution in [0, 0.1) is 0 Å². The van der Waals surface area contributed by atoms with Crippen LogP contribution < -0.4 is 16.2 Å². The molecule has 4 heterocycles. The van der Waals surface area contributed by atoms with Crippen molar-refractivity contribution in [2.45, 2.75) is 63.6 Å². The van der Waals surface area contributed by atoms with Crippen molar-refractivity contribution in [1.29, 1.82) is 0 Å². The highest BCUT2D eigenvalue weighted by Crippen LogP contribution is 2.47. The lowest BCUT2D eigenvalue weighted by Crippen LogP contribution is -2.38. The highest BCUT2D eigenvalue weighted by molar-refractivity contribution is 6.30. The lowest BCUT2D eigenvalue weighted by molar-refractivity contribution is -0.124. The molecular formula is C26H27ClN6O2. The Morgan fingerprint density at radius 1 is 1.34 bits per heavy atom. The van der Waals surface area contributed by atoms with Gasteiger partial charge in [-0.05, 0) is 63.2 Å². The zero-order valence-electron chi connectivity index (χ0n) is 19.5. The number of nitrogens with zero attached hydrogens (tertiary/aromatic N) is 3. The summed E-state index contributed by atoms with van der Waals surface area (Å²) in [5.41, 5.74) is 4.46. The summed E-state index contributed by atoms with van der Waals surface area (Å²) in [4.78, 5) is 38.5. The van der Waals surface area contributed by atoms with Crippen molar-refractivity contribution in [3.63, 3.8) is 0 Å². The zero-order valence-corrected chi connectivity index (χ0v) is 20.3. The third kappa shape index (κ3) is 3.95. The Bertz CT molecular complexity index is 1430. The molecule has 3 N–H and O–H groups in total. The fourth-order valence-corrected chi connectivity index (χ4v) is 5.55. The van der Waals surface area contributed by atoms with Crippen LogP contribution in [0.1, 0.15) is 56.5 Å². The van der Waals surface area contributed by atoms with E-state index >= 15 is 0 Å². The second-order valence-corrected chi connectivity index (χ2v) is 10.2. The number of hydrogen-bond donors (Lipinski definition) is 3. The van der Waals surface area contributed by atoms with Crippen molar-refractivity contribution < 1.29 is 4.79 Å². The number of aromatic nitrogens is 4. The van der Waals surface area contributed by atoms with Crippen molar-refractivity contribution in [3.8, 4) is 0 Å². The summed E-state index contributed by atoms with van der Waals surface area (Å²) in [6.07, 6.45) is 13.0. The number of rotatable bonds is 6. The molecule has 6 rings (SSSR count). The first kappa shape index (κ1) is 22.1. The third-order valence-electron chi connectivity index (χ3n) is 7.32.